The zero-order valence-corrected chi connectivity index (χ0v) is 29.5. The Morgan fingerprint density at radius 3 is 2.44 bits per heavy atom. The minimum Gasteiger partial charge on any atom is -0.436 e. The van der Waals surface area contributed by atoms with Crippen LogP contribution in [0.25, 0.3) is 11.0 Å². The number of nitrogens with zero attached hydrogens (tertiary/aromatic N) is 6. The van der Waals surface area contributed by atoms with Crippen molar-refractivity contribution in [2.75, 3.05) is 83.3 Å². The van der Waals surface area contributed by atoms with Crippen LogP contribution in [0, 0.1) is 6.92 Å². The van der Waals surface area contributed by atoms with Crippen LogP contribution in [-0.4, -0.2) is 139 Å². The maximum atomic E-state index is 14.2. The van der Waals surface area contributed by atoms with Gasteiger partial charge in [0.2, 0.25) is 5.95 Å². The van der Waals surface area contributed by atoms with Gasteiger partial charge < -0.3 is 39.4 Å². The lowest BCUT2D eigenvalue weighted by Crippen LogP contribution is -2.56. The minimum absolute atomic E-state index is 0.0217. The van der Waals surface area contributed by atoms with E-state index in [1.807, 2.05) is 66.1 Å². The lowest BCUT2D eigenvalue weighted by molar-refractivity contribution is -0.143. The van der Waals surface area contributed by atoms with Crippen LogP contribution in [0.2, 0.25) is 0 Å². The number of urea groups is 1. The molecule has 0 spiro atoms. The zero-order valence-electron chi connectivity index (χ0n) is 29.5. The Balaban J connectivity index is 1.02. The average molecular weight is 687 g/mol. The van der Waals surface area contributed by atoms with Crippen molar-refractivity contribution >= 4 is 40.7 Å². The maximum absolute atomic E-state index is 14.2. The molecule has 4 amide bonds. The molecule has 3 saturated heterocycles. The fraction of sp³-hybridized carbons (Fsp3) is 0.568. The van der Waals surface area contributed by atoms with Gasteiger partial charge in [-0.15, -0.1) is 0 Å². The first-order valence-electron chi connectivity index (χ1n) is 18.1. The third-order valence-electron chi connectivity index (χ3n) is 10.8. The molecule has 0 unspecified atom stereocenters. The van der Waals surface area contributed by atoms with E-state index >= 15 is 0 Å². The molecule has 2 aromatic carbocycles. The SMILES string of the molecule is Cc1cc(C[C@@H](OC(=O)N2CCC(N3CCc4ccccc4NC3=O)CC2)C(=O)N2CCN(C3CCOCC3)CC2)cc2nc(N(C)C)[nH]c12. The van der Waals surface area contributed by atoms with Crippen molar-refractivity contribution < 1.29 is 23.9 Å². The summed E-state index contributed by atoms with van der Waals surface area (Å²) in [6.07, 6.45) is 2.93. The number of para-hydroxylation sites is 1. The van der Waals surface area contributed by atoms with Gasteiger partial charge in [0.1, 0.15) is 0 Å². The summed E-state index contributed by atoms with van der Waals surface area (Å²) in [4.78, 5) is 59.0. The fourth-order valence-corrected chi connectivity index (χ4v) is 7.93. The van der Waals surface area contributed by atoms with E-state index in [0.717, 1.165) is 84.9 Å². The number of likely N-dealkylation sites (tertiary alicyclic amines) is 1. The summed E-state index contributed by atoms with van der Waals surface area (Å²) in [7, 11) is 3.88. The number of aromatic amines is 1. The molecular formula is C37H50N8O5. The number of piperidine rings is 1. The van der Waals surface area contributed by atoms with E-state index in [4.69, 9.17) is 14.5 Å². The number of amides is 4. The molecule has 50 heavy (non-hydrogen) atoms. The number of fused-ring (bicyclic) bond motifs is 2. The Morgan fingerprint density at radius 1 is 0.960 bits per heavy atom. The largest absolute Gasteiger partial charge is 0.436 e. The second-order valence-electron chi connectivity index (χ2n) is 14.3. The summed E-state index contributed by atoms with van der Waals surface area (Å²) in [5.41, 5.74) is 5.67. The quantitative estimate of drug-likeness (QED) is 0.384. The van der Waals surface area contributed by atoms with Crippen LogP contribution in [0.1, 0.15) is 42.4 Å². The second-order valence-corrected chi connectivity index (χ2v) is 14.3. The minimum atomic E-state index is -0.964. The monoisotopic (exact) mass is 686 g/mol. The van der Waals surface area contributed by atoms with Gasteiger partial charge in [-0.3, -0.25) is 9.69 Å². The third-order valence-corrected chi connectivity index (χ3v) is 10.8. The number of carbonyl (C=O) groups is 3. The van der Waals surface area contributed by atoms with Crippen molar-refractivity contribution in [3.05, 3.63) is 53.1 Å². The number of ether oxygens (including phenoxy) is 2. The molecule has 4 aliphatic rings. The Bertz CT molecular complexity index is 1690. The molecule has 0 radical (unpaired) electrons. The molecule has 3 fully saturated rings. The number of carbonyl (C=O) groups excluding carboxylic acids is 3. The summed E-state index contributed by atoms with van der Waals surface area (Å²) in [5, 5.41) is 3.06. The Hall–Kier alpha value is -4.36. The third kappa shape index (κ3) is 7.39. The number of rotatable bonds is 7. The van der Waals surface area contributed by atoms with Crippen LogP contribution < -0.4 is 10.2 Å². The van der Waals surface area contributed by atoms with Gasteiger partial charge in [-0.05, 0) is 67.9 Å². The predicted molar refractivity (Wildman–Crippen MR) is 192 cm³/mol. The van der Waals surface area contributed by atoms with E-state index in [1.165, 1.54) is 0 Å². The molecule has 5 heterocycles. The highest BCUT2D eigenvalue weighted by Crippen LogP contribution is 2.27. The van der Waals surface area contributed by atoms with Crippen molar-refractivity contribution in [1.29, 1.82) is 0 Å². The number of piperazine rings is 1. The van der Waals surface area contributed by atoms with Crippen LogP contribution in [0.3, 0.4) is 0 Å². The highest BCUT2D eigenvalue weighted by molar-refractivity contribution is 5.91. The molecule has 268 valence electrons. The molecule has 0 aliphatic carbocycles. The van der Waals surface area contributed by atoms with Gasteiger partial charge in [0.15, 0.2) is 6.10 Å². The molecule has 13 heteroatoms. The Morgan fingerprint density at radius 2 is 1.70 bits per heavy atom. The molecule has 0 saturated carbocycles. The lowest BCUT2D eigenvalue weighted by Gasteiger charge is -2.41. The maximum Gasteiger partial charge on any atom is 0.410 e. The van der Waals surface area contributed by atoms with Crippen molar-refractivity contribution in [1.82, 2.24) is 29.6 Å². The van der Waals surface area contributed by atoms with E-state index in [0.29, 0.717) is 51.6 Å². The zero-order chi connectivity index (χ0) is 34.8. The fourth-order valence-electron chi connectivity index (χ4n) is 7.93. The number of anilines is 2. The van der Waals surface area contributed by atoms with Crippen LogP contribution in [0.4, 0.5) is 21.2 Å². The molecule has 0 bridgehead atoms. The van der Waals surface area contributed by atoms with Crippen LogP contribution in [0.15, 0.2) is 36.4 Å². The van der Waals surface area contributed by atoms with E-state index in [9.17, 15) is 14.4 Å². The molecule has 1 atom stereocenters. The summed E-state index contributed by atoms with van der Waals surface area (Å²) in [6, 6.07) is 12.4. The van der Waals surface area contributed by atoms with E-state index < -0.39 is 12.2 Å². The topological polar surface area (TPSA) is 127 Å². The molecule has 13 nitrogen and oxygen atoms in total. The van der Waals surface area contributed by atoms with Gasteiger partial charge >= 0.3 is 12.1 Å². The molecule has 3 aromatic rings. The predicted octanol–water partition coefficient (Wildman–Crippen LogP) is 3.86. The summed E-state index contributed by atoms with van der Waals surface area (Å²) >= 11 is 0. The van der Waals surface area contributed by atoms with Crippen LogP contribution in [0.5, 0.6) is 0 Å². The van der Waals surface area contributed by atoms with E-state index in [1.54, 1.807) is 4.90 Å². The van der Waals surface area contributed by atoms with Crippen LogP contribution >= 0.6 is 0 Å². The van der Waals surface area contributed by atoms with Gasteiger partial charge in [0, 0.05) is 97.3 Å². The van der Waals surface area contributed by atoms with Crippen molar-refractivity contribution in [2.24, 2.45) is 0 Å². The van der Waals surface area contributed by atoms with Gasteiger partial charge in [-0.1, -0.05) is 24.3 Å². The number of aryl methyl sites for hydroxylation is 1. The van der Waals surface area contributed by atoms with E-state index in [2.05, 4.69) is 21.3 Å². The second kappa shape index (κ2) is 14.9. The normalized spacial score (nSPS) is 20.3. The highest BCUT2D eigenvalue weighted by atomic mass is 16.6. The van der Waals surface area contributed by atoms with Crippen molar-refractivity contribution in [2.45, 2.75) is 63.6 Å². The first kappa shape index (κ1) is 34.1. The molecule has 4 aliphatic heterocycles. The van der Waals surface area contributed by atoms with Crippen molar-refractivity contribution in [3.8, 4) is 0 Å². The number of hydrogen-bond acceptors (Lipinski definition) is 8. The first-order valence-corrected chi connectivity index (χ1v) is 18.1. The number of H-pyrrole nitrogens is 1. The summed E-state index contributed by atoms with van der Waals surface area (Å²) < 4.78 is 11.7. The average Bonchev–Trinajstić information content (AvgIpc) is 3.50. The number of hydrogen-bond donors (Lipinski definition) is 2. The number of imidazole rings is 1. The van der Waals surface area contributed by atoms with Crippen molar-refractivity contribution in [3.63, 3.8) is 0 Å². The molecule has 2 N–H and O–H groups in total. The van der Waals surface area contributed by atoms with Gasteiger partial charge in [-0.2, -0.15) is 0 Å². The highest BCUT2D eigenvalue weighted by Gasteiger charge is 2.36. The summed E-state index contributed by atoms with van der Waals surface area (Å²) in [6.45, 7) is 7.93. The number of benzene rings is 2. The Kier molecular flexibility index (Phi) is 10.1. The standard InChI is InChI=1S/C37H50N8O5/c1-25-22-26(23-31-33(25)40-35(38-31)41(2)3)24-32(34(46)43-18-16-42(17-19-43)28-11-20-49-21-12-28)50-37(48)44-13-9-29(10-14-44)45-15-8-27-6-4-5-7-30(27)39-36(45)47/h4-7,22-23,28-29,32H,8-21,24H2,1-3H3,(H,38,40)(H,39,47)/t32-/m1/s1. The van der Waals surface area contributed by atoms with Gasteiger partial charge in [-0.25, -0.2) is 14.6 Å². The summed E-state index contributed by atoms with van der Waals surface area (Å²) in [5.74, 6) is 0.599. The van der Waals surface area contributed by atoms with Gasteiger partial charge in [0.05, 0.1) is 11.0 Å². The number of nitrogens with one attached hydrogen (secondary N) is 2. The smallest absolute Gasteiger partial charge is 0.410 e. The van der Waals surface area contributed by atoms with E-state index in [-0.39, 0.29) is 24.4 Å². The molecular weight excluding hydrogens is 636 g/mol. The van der Waals surface area contributed by atoms with Gasteiger partial charge in [0.25, 0.3) is 5.91 Å². The molecule has 1 aromatic heterocycles. The first-order chi connectivity index (χ1) is 24.2. The Labute approximate surface area is 293 Å². The lowest BCUT2D eigenvalue weighted by atomic mass is 10.0. The number of aromatic nitrogens is 2. The van der Waals surface area contributed by atoms with Crippen LogP contribution in [-0.2, 0) is 27.1 Å². The molecule has 7 rings (SSSR count).